The summed E-state index contributed by atoms with van der Waals surface area (Å²) in [6, 6.07) is 6.19. The molecule has 2 aromatic rings. The fraction of sp³-hybridized carbons (Fsp3) is 0.231. The van der Waals surface area contributed by atoms with Crippen LogP contribution in [-0.2, 0) is 0 Å². The molecule has 2 N–H and O–H groups in total. The van der Waals surface area contributed by atoms with Gasteiger partial charge in [0, 0.05) is 5.56 Å². The molecule has 0 atom stereocenters. The molecule has 1 aromatic heterocycles. The topological polar surface area (TPSA) is 56.0 Å². The maximum Gasteiger partial charge on any atom is 0.260 e. The van der Waals surface area contributed by atoms with Crippen molar-refractivity contribution in [2.75, 3.05) is 0 Å². The number of nitrogens with zero attached hydrogens (tertiary/aromatic N) is 1. The van der Waals surface area contributed by atoms with E-state index in [9.17, 15) is 4.79 Å². The van der Waals surface area contributed by atoms with Crippen LogP contribution in [-0.4, -0.2) is 10.9 Å². The van der Waals surface area contributed by atoms with E-state index in [4.69, 9.17) is 5.73 Å². The van der Waals surface area contributed by atoms with Crippen LogP contribution in [0.3, 0.4) is 0 Å². The SMILES string of the molecule is Cc1ccc(-c2nc(C)c(C(N)=O)s2)c(C)c1. The molecule has 0 bridgehead atoms. The Labute approximate surface area is 104 Å². The van der Waals surface area contributed by atoms with Crippen molar-refractivity contribution < 1.29 is 4.79 Å². The number of benzene rings is 1. The monoisotopic (exact) mass is 246 g/mol. The molecule has 88 valence electrons. The molecule has 0 aliphatic carbocycles. The highest BCUT2D eigenvalue weighted by Gasteiger charge is 2.14. The Morgan fingerprint density at radius 1 is 1.29 bits per heavy atom. The van der Waals surface area contributed by atoms with Gasteiger partial charge < -0.3 is 5.73 Å². The number of hydrogen-bond donors (Lipinski definition) is 1. The van der Waals surface area contributed by atoms with Gasteiger partial charge in [0.25, 0.3) is 5.91 Å². The van der Waals surface area contributed by atoms with E-state index in [-0.39, 0.29) is 0 Å². The predicted octanol–water partition coefficient (Wildman–Crippen LogP) is 2.83. The van der Waals surface area contributed by atoms with Gasteiger partial charge in [-0.1, -0.05) is 23.8 Å². The predicted molar refractivity (Wildman–Crippen MR) is 70.3 cm³/mol. The van der Waals surface area contributed by atoms with E-state index in [1.165, 1.54) is 16.9 Å². The molecule has 1 amide bonds. The number of hydrogen-bond acceptors (Lipinski definition) is 3. The number of aryl methyl sites for hydroxylation is 3. The van der Waals surface area contributed by atoms with Gasteiger partial charge >= 0.3 is 0 Å². The fourth-order valence-electron chi connectivity index (χ4n) is 1.79. The normalized spacial score (nSPS) is 10.5. The molecule has 1 aromatic carbocycles. The molecule has 0 aliphatic heterocycles. The van der Waals surface area contributed by atoms with Crippen LogP contribution in [0.4, 0.5) is 0 Å². The second-order valence-corrected chi connectivity index (χ2v) is 5.12. The molecule has 0 saturated heterocycles. The molecule has 1 heterocycles. The fourth-order valence-corrected chi connectivity index (χ4v) is 2.80. The lowest BCUT2D eigenvalue weighted by Gasteiger charge is -2.02. The molecular formula is C13H14N2OS. The smallest absolute Gasteiger partial charge is 0.260 e. The van der Waals surface area contributed by atoms with Crippen LogP contribution >= 0.6 is 11.3 Å². The number of rotatable bonds is 2. The van der Waals surface area contributed by atoms with Gasteiger partial charge in [0.1, 0.15) is 9.88 Å². The lowest BCUT2D eigenvalue weighted by Crippen LogP contribution is -2.09. The minimum atomic E-state index is -0.406. The third-order valence-corrected chi connectivity index (χ3v) is 3.84. The van der Waals surface area contributed by atoms with Crippen LogP contribution in [0.2, 0.25) is 0 Å². The average Bonchev–Trinajstić information content (AvgIpc) is 2.60. The second kappa shape index (κ2) is 4.30. The van der Waals surface area contributed by atoms with Crippen LogP contribution in [0.15, 0.2) is 18.2 Å². The van der Waals surface area contributed by atoms with Crippen molar-refractivity contribution in [3.8, 4) is 10.6 Å². The number of aromatic nitrogens is 1. The zero-order valence-electron chi connectivity index (χ0n) is 10.1. The van der Waals surface area contributed by atoms with Crippen molar-refractivity contribution in [1.29, 1.82) is 0 Å². The van der Waals surface area contributed by atoms with Crippen LogP contribution in [0, 0.1) is 20.8 Å². The van der Waals surface area contributed by atoms with Crippen molar-refractivity contribution in [3.05, 3.63) is 39.9 Å². The Morgan fingerprint density at radius 3 is 2.53 bits per heavy atom. The largest absolute Gasteiger partial charge is 0.365 e. The Morgan fingerprint density at radius 2 is 2.00 bits per heavy atom. The Balaban J connectivity index is 2.53. The van der Waals surface area contributed by atoms with E-state index in [1.54, 1.807) is 0 Å². The first-order valence-corrected chi connectivity index (χ1v) is 6.15. The lowest BCUT2D eigenvalue weighted by molar-refractivity contribution is 0.100. The maximum absolute atomic E-state index is 11.2. The van der Waals surface area contributed by atoms with Crippen LogP contribution in [0.25, 0.3) is 10.6 Å². The number of amides is 1. The summed E-state index contributed by atoms with van der Waals surface area (Å²) in [6.45, 7) is 5.91. The standard InChI is InChI=1S/C13H14N2OS/c1-7-4-5-10(8(2)6-7)13-15-9(3)11(17-13)12(14)16/h4-6H,1-3H3,(H2,14,16). The molecule has 0 saturated carbocycles. The van der Waals surface area contributed by atoms with Crippen molar-refractivity contribution in [1.82, 2.24) is 4.98 Å². The summed E-state index contributed by atoms with van der Waals surface area (Å²) < 4.78 is 0. The highest BCUT2D eigenvalue weighted by molar-refractivity contribution is 7.17. The summed E-state index contributed by atoms with van der Waals surface area (Å²) >= 11 is 1.36. The van der Waals surface area contributed by atoms with Crippen molar-refractivity contribution >= 4 is 17.2 Å². The van der Waals surface area contributed by atoms with Crippen LogP contribution < -0.4 is 5.73 Å². The zero-order valence-corrected chi connectivity index (χ0v) is 10.9. The number of primary amides is 1. The molecular weight excluding hydrogens is 232 g/mol. The van der Waals surface area contributed by atoms with E-state index >= 15 is 0 Å². The molecule has 0 unspecified atom stereocenters. The van der Waals surface area contributed by atoms with E-state index in [0.717, 1.165) is 16.1 Å². The molecule has 0 aliphatic rings. The Hall–Kier alpha value is -1.68. The first-order valence-electron chi connectivity index (χ1n) is 5.34. The van der Waals surface area contributed by atoms with Gasteiger partial charge in [0.05, 0.1) is 5.69 Å². The third kappa shape index (κ3) is 2.22. The zero-order chi connectivity index (χ0) is 12.6. The summed E-state index contributed by atoms with van der Waals surface area (Å²) in [5.41, 5.74) is 9.45. The van der Waals surface area contributed by atoms with Crippen molar-refractivity contribution in [3.63, 3.8) is 0 Å². The first kappa shape index (κ1) is 11.8. The molecule has 17 heavy (non-hydrogen) atoms. The highest BCUT2D eigenvalue weighted by Crippen LogP contribution is 2.30. The summed E-state index contributed by atoms with van der Waals surface area (Å²) in [7, 11) is 0. The maximum atomic E-state index is 11.2. The summed E-state index contributed by atoms with van der Waals surface area (Å²) in [5, 5.41) is 0.855. The lowest BCUT2D eigenvalue weighted by atomic mass is 10.1. The molecule has 0 spiro atoms. The van der Waals surface area contributed by atoms with Gasteiger partial charge in [-0.25, -0.2) is 4.98 Å². The van der Waals surface area contributed by atoms with E-state index in [2.05, 4.69) is 18.0 Å². The van der Waals surface area contributed by atoms with Crippen LogP contribution in [0.5, 0.6) is 0 Å². The third-order valence-electron chi connectivity index (χ3n) is 2.63. The summed E-state index contributed by atoms with van der Waals surface area (Å²) in [4.78, 5) is 16.2. The van der Waals surface area contributed by atoms with E-state index in [0.29, 0.717) is 10.6 Å². The van der Waals surface area contributed by atoms with E-state index in [1.807, 2.05) is 26.0 Å². The van der Waals surface area contributed by atoms with Gasteiger partial charge in [-0.15, -0.1) is 11.3 Å². The molecule has 2 rings (SSSR count). The van der Waals surface area contributed by atoms with Crippen LogP contribution in [0.1, 0.15) is 26.5 Å². The summed E-state index contributed by atoms with van der Waals surface area (Å²) in [5.74, 6) is -0.406. The average molecular weight is 246 g/mol. The van der Waals surface area contributed by atoms with Gasteiger partial charge in [-0.2, -0.15) is 0 Å². The molecule has 0 radical (unpaired) electrons. The van der Waals surface area contributed by atoms with Gasteiger partial charge in [0.2, 0.25) is 0 Å². The number of thiazole rings is 1. The van der Waals surface area contributed by atoms with Gasteiger partial charge in [0.15, 0.2) is 0 Å². The quantitative estimate of drug-likeness (QED) is 0.885. The van der Waals surface area contributed by atoms with Gasteiger partial charge in [-0.05, 0) is 26.3 Å². The van der Waals surface area contributed by atoms with E-state index < -0.39 is 5.91 Å². The number of carbonyl (C=O) groups is 1. The van der Waals surface area contributed by atoms with Crippen molar-refractivity contribution in [2.24, 2.45) is 5.73 Å². The molecule has 4 heteroatoms. The Bertz CT molecular complexity index is 587. The highest BCUT2D eigenvalue weighted by atomic mass is 32.1. The molecule has 0 fully saturated rings. The molecule has 3 nitrogen and oxygen atoms in total. The minimum Gasteiger partial charge on any atom is -0.365 e. The van der Waals surface area contributed by atoms with Gasteiger partial charge in [-0.3, -0.25) is 4.79 Å². The first-order chi connectivity index (χ1) is 7.99. The number of nitrogens with two attached hydrogens (primary N) is 1. The number of carbonyl (C=O) groups excluding carboxylic acids is 1. The Kier molecular flexibility index (Phi) is 2.98. The minimum absolute atomic E-state index is 0.406. The van der Waals surface area contributed by atoms with Crippen molar-refractivity contribution in [2.45, 2.75) is 20.8 Å². The summed E-state index contributed by atoms with van der Waals surface area (Å²) in [6.07, 6.45) is 0. The second-order valence-electron chi connectivity index (χ2n) is 4.12.